The first kappa shape index (κ1) is 12.3. The molecule has 2 aromatic rings. The Labute approximate surface area is 106 Å². The molecule has 0 fully saturated rings. The van der Waals surface area contributed by atoms with Gasteiger partial charge in [-0.05, 0) is 12.1 Å². The average molecular weight is 244 g/mol. The van der Waals surface area contributed by atoms with E-state index in [4.69, 9.17) is 10.5 Å². The molecule has 0 saturated heterocycles. The molecule has 18 heavy (non-hydrogen) atoms. The van der Waals surface area contributed by atoms with E-state index in [1.165, 1.54) is 0 Å². The van der Waals surface area contributed by atoms with Gasteiger partial charge in [0.25, 0.3) is 0 Å². The molecular weight excluding hydrogens is 228 g/mol. The lowest BCUT2D eigenvalue weighted by Gasteiger charge is -2.09. The topological polar surface area (TPSA) is 73.9 Å². The summed E-state index contributed by atoms with van der Waals surface area (Å²) in [5, 5.41) is 0. The second-order valence-corrected chi connectivity index (χ2v) is 4.23. The van der Waals surface area contributed by atoms with E-state index in [0.717, 1.165) is 11.3 Å². The van der Waals surface area contributed by atoms with Gasteiger partial charge in [0.15, 0.2) is 5.82 Å². The highest BCUT2D eigenvalue weighted by Gasteiger charge is 2.12. The van der Waals surface area contributed by atoms with Crippen LogP contribution >= 0.6 is 0 Å². The molecule has 94 valence electrons. The van der Waals surface area contributed by atoms with E-state index < -0.39 is 0 Å². The molecule has 0 aliphatic rings. The Morgan fingerprint density at radius 2 is 1.83 bits per heavy atom. The zero-order valence-electron chi connectivity index (χ0n) is 10.7. The summed E-state index contributed by atoms with van der Waals surface area (Å²) in [6, 6.07) is 7.57. The van der Waals surface area contributed by atoms with Crippen molar-refractivity contribution < 1.29 is 4.74 Å². The normalized spacial score (nSPS) is 10.7. The second-order valence-electron chi connectivity index (χ2n) is 4.23. The van der Waals surface area contributed by atoms with Gasteiger partial charge in [0.2, 0.25) is 5.95 Å². The highest BCUT2D eigenvalue weighted by molar-refractivity contribution is 5.64. The molecule has 0 amide bonds. The summed E-state index contributed by atoms with van der Waals surface area (Å²) >= 11 is 0. The van der Waals surface area contributed by atoms with E-state index in [9.17, 15) is 0 Å². The molecule has 0 atom stereocenters. The SMILES string of the molecule is COc1ccccc1-c1nc(N)nc(C(C)C)n1. The van der Waals surface area contributed by atoms with E-state index in [1.807, 2.05) is 38.1 Å². The van der Waals surface area contributed by atoms with Gasteiger partial charge >= 0.3 is 0 Å². The smallest absolute Gasteiger partial charge is 0.223 e. The van der Waals surface area contributed by atoms with Crippen LogP contribution in [-0.4, -0.2) is 22.1 Å². The van der Waals surface area contributed by atoms with Gasteiger partial charge in [-0.3, -0.25) is 0 Å². The molecule has 0 spiro atoms. The maximum absolute atomic E-state index is 5.72. The van der Waals surface area contributed by atoms with Gasteiger partial charge < -0.3 is 10.5 Å². The van der Waals surface area contributed by atoms with Crippen LogP contribution in [-0.2, 0) is 0 Å². The number of aromatic nitrogens is 3. The van der Waals surface area contributed by atoms with Crippen LogP contribution in [0.5, 0.6) is 5.75 Å². The van der Waals surface area contributed by atoms with Crippen molar-refractivity contribution in [2.75, 3.05) is 12.8 Å². The number of hydrogen-bond donors (Lipinski definition) is 1. The molecule has 1 heterocycles. The van der Waals surface area contributed by atoms with Crippen LogP contribution in [0.25, 0.3) is 11.4 Å². The number of methoxy groups -OCH3 is 1. The number of nitrogens with zero attached hydrogens (tertiary/aromatic N) is 3. The Morgan fingerprint density at radius 3 is 2.50 bits per heavy atom. The zero-order valence-corrected chi connectivity index (χ0v) is 10.7. The minimum absolute atomic E-state index is 0.198. The first-order chi connectivity index (χ1) is 8.61. The summed E-state index contributed by atoms with van der Waals surface area (Å²) in [4.78, 5) is 12.7. The summed E-state index contributed by atoms with van der Waals surface area (Å²) in [6.07, 6.45) is 0. The fourth-order valence-electron chi connectivity index (χ4n) is 1.62. The van der Waals surface area contributed by atoms with Crippen molar-refractivity contribution in [3.05, 3.63) is 30.1 Å². The molecule has 0 aliphatic heterocycles. The third kappa shape index (κ3) is 2.40. The lowest BCUT2D eigenvalue weighted by molar-refractivity contribution is 0.416. The fraction of sp³-hybridized carbons (Fsp3) is 0.308. The van der Waals surface area contributed by atoms with Crippen LogP contribution < -0.4 is 10.5 Å². The van der Waals surface area contributed by atoms with Crippen LogP contribution in [0, 0.1) is 0 Å². The van der Waals surface area contributed by atoms with Crippen molar-refractivity contribution in [3.63, 3.8) is 0 Å². The number of nitrogen functional groups attached to an aromatic ring is 1. The molecule has 1 aromatic heterocycles. The van der Waals surface area contributed by atoms with Crippen LogP contribution in [0.2, 0.25) is 0 Å². The molecule has 2 N–H and O–H groups in total. The van der Waals surface area contributed by atoms with E-state index in [0.29, 0.717) is 11.6 Å². The molecule has 2 rings (SSSR count). The molecular formula is C13H16N4O. The lowest BCUT2D eigenvalue weighted by atomic mass is 10.1. The van der Waals surface area contributed by atoms with Crippen molar-refractivity contribution in [2.45, 2.75) is 19.8 Å². The number of hydrogen-bond acceptors (Lipinski definition) is 5. The number of rotatable bonds is 3. The standard InChI is InChI=1S/C13H16N4O/c1-8(2)11-15-12(17-13(14)16-11)9-6-4-5-7-10(9)18-3/h4-8H,1-3H3,(H2,14,15,16,17). The van der Waals surface area contributed by atoms with Crippen molar-refractivity contribution in [1.29, 1.82) is 0 Å². The molecule has 1 aromatic carbocycles. The summed E-state index contributed by atoms with van der Waals surface area (Å²) in [5.41, 5.74) is 6.54. The van der Waals surface area contributed by atoms with Gasteiger partial charge in [-0.2, -0.15) is 9.97 Å². The van der Waals surface area contributed by atoms with Gasteiger partial charge in [-0.25, -0.2) is 4.98 Å². The summed E-state index contributed by atoms with van der Waals surface area (Å²) < 4.78 is 5.30. The Bertz CT molecular complexity index is 554. The van der Waals surface area contributed by atoms with Crippen LogP contribution in [0.15, 0.2) is 24.3 Å². The monoisotopic (exact) mass is 244 g/mol. The number of benzene rings is 1. The number of anilines is 1. The Hall–Kier alpha value is -2.17. The maximum Gasteiger partial charge on any atom is 0.223 e. The third-order valence-corrected chi connectivity index (χ3v) is 2.53. The van der Waals surface area contributed by atoms with Gasteiger partial charge in [0, 0.05) is 5.92 Å². The summed E-state index contributed by atoms with van der Waals surface area (Å²) in [6.45, 7) is 4.03. The summed E-state index contributed by atoms with van der Waals surface area (Å²) in [7, 11) is 1.62. The van der Waals surface area contributed by atoms with Gasteiger partial charge in [0.1, 0.15) is 11.6 Å². The number of ether oxygens (including phenoxy) is 1. The predicted molar refractivity (Wildman–Crippen MR) is 70.3 cm³/mol. The van der Waals surface area contributed by atoms with Crippen molar-refractivity contribution >= 4 is 5.95 Å². The molecule has 0 saturated carbocycles. The first-order valence-electron chi connectivity index (χ1n) is 5.76. The Morgan fingerprint density at radius 1 is 1.11 bits per heavy atom. The lowest BCUT2D eigenvalue weighted by Crippen LogP contribution is -2.06. The Balaban J connectivity index is 2.56. The summed E-state index contributed by atoms with van der Waals surface area (Å²) in [5.74, 6) is 2.38. The molecule has 5 nitrogen and oxygen atoms in total. The number of nitrogens with two attached hydrogens (primary N) is 1. The molecule has 0 aliphatic carbocycles. The van der Waals surface area contributed by atoms with E-state index in [1.54, 1.807) is 7.11 Å². The zero-order chi connectivity index (χ0) is 13.1. The molecule has 5 heteroatoms. The minimum Gasteiger partial charge on any atom is -0.496 e. The van der Waals surface area contributed by atoms with E-state index in [2.05, 4.69) is 15.0 Å². The minimum atomic E-state index is 0.198. The molecule has 0 radical (unpaired) electrons. The van der Waals surface area contributed by atoms with Crippen molar-refractivity contribution in [3.8, 4) is 17.1 Å². The molecule has 0 unspecified atom stereocenters. The number of para-hydroxylation sites is 1. The largest absolute Gasteiger partial charge is 0.496 e. The van der Waals surface area contributed by atoms with Crippen LogP contribution in [0.3, 0.4) is 0 Å². The average Bonchev–Trinajstić information content (AvgIpc) is 2.38. The first-order valence-corrected chi connectivity index (χ1v) is 5.76. The second kappa shape index (κ2) is 5.00. The van der Waals surface area contributed by atoms with Gasteiger partial charge in [-0.1, -0.05) is 26.0 Å². The highest BCUT2D eigenvalue weighted by Crippen LogP contribution is 2.27. The van der Waals surface area contributed by atoms with Gasteiger partial charge in [0.05, 0.1) is 12.7 Å². The van der Waals surface area contributed by atoms with Crippen molar-refractivity contribution in [2.24, 2.45) is 0 Å². The third-order valence-electron chi connectivity index (χ3n) is 2.53. The van der Waals surface area contributed by atoms with Gasteiger partial charge in [-0.15, -0.1) is 0 Å². The molecule has 0 bridgehead atoms. The van der Waals surface area contributed by atoms with Crippen LogP contribution in [0.4, 0.5) is 5.95 Å². The van der Waals surface area contributed by atoms with Crippen molar-refractivity contribution in [1.82, 2.24) is 15.0 Å². The Kier molecular flexibility index (Phi) is 3.41. The van der Waals surface area contributed by atoms with E-state index >= 15 is 0 Å². The predicted octanol–water partition coefficient (Wildman–Crippen LogP) is 2.25. The maximum atomic E-state index is 5.72. The fourth-order valence-corrected chi connectivity index (χ4v) is 1.62. The highest BCUT2D eigenvalue weighted by atomic mass is 16.5. The quantitative estimate of drug-likeness (QED) is 0.896. The van der Waals surface area contributed by atoms with Crippen LogP contribution in [0.1, 0.15) is 25.6 Å². The van der Waals surface area contributed by atoms with E-state index in [-0.39, 0.29) is 11.9 Å².